The van der Waals surface area contributed by atoms with Crippen LogP contribution in [0.2, 0.25) is 0 Å². The van der Waals surface area contributed by atoms with Gasteiger partial charge in [0.1, 0.15) is 5.54 Å². The van der Waals surface area contributed by atoms with E-state index >= 15 is 0 Å². The minimum absolute atomic E-state index is 0.124. The predicted octanol–water partition coefficient (Wildman–Crippen LogP) is 1.03. The fourth-order valence-corrected chi connectivity index (χ4v) is 2.39. The fourth-order valence-electron chi connectivity index (χ4n) is 2.39. The van der Waals surface area contributed by atoms with Crippen LogP contribution in [0.15, 0.2) is 30.3 Å². The molecule has 1 saturated heterocycles. The Morgan fingerprint density at radius 1 is 1.24 bits per heavy atom. The topological polar surface area (TPSA) is 87.3 Å². The van der Waals surface area contributed by atoms with Gasteiger partial charge in [0.15, 0.2) is 0 Å². The SMILES string of the molecule is CCCNC(=O)CCC1(c2ccccc2)NC(=O)NC1=O. The number of carbonyl (C=O) groups is 3. The molecule has 1 aromatic rings. The summed E-state index contributed by atoms with van der Waals surface area (Å²) < 4.78 is 0. The number of hydrogen-bond acceptors (Lipinski definition) is 3. The highest BCUT2D eigenvalue weighted by Crippen LogP contribution is 2.29. The molecule has 6 heteroatoms. The molecule has 21 heavy (non-hydrogen) atoms. The molecule has 0 aromatic heterocycles. The normalized spacial score (nSPS) is 20.8. The van der Waals surface area contributed by atoms with Crippen LogP contribution in [0.3, 0.4) is 0 Å². The summed E-state index contributed by atoms with van der Waals surface area (Å²) in [6.45, 7) is 2.58. The summed E-state index contributed by atoms with van der Waals surface area (Å²) in [5.41, 5.74) is -0.487. The summed E-state index contributed by atoms with van der Waals surface area (Å²) in [5.74, 6) is -0.539. The van der Waals surface area contributed by atoms with Gasteiger partial charge >= 0.3 is 6.03 Å². The Bertz CT molecular complexity index is 544. The molecular formula is C15H19N3O3. The molecule has 3 N–H and O–H groups in total. The van der Waals surface area contributed by atoms with Crippen molar-refractivity contribution in [3.05, 3.63) is 35.9 Å². The average molecular weight is 289 g/mol. The monoisotopic (exact) mass is 289 g/mol. The van der Waals surface area contributed by atoms with E-state index < -0.39 is 17.5 Å². The Balaban J connectivity index is 2.17. The van der Waals surface area contributed by atoms with E-state index in [2.05, 4.69) is 16.0 Å². The molecular weight excluding hydrogens is 270 g/mol. The molecule has 0 bridgehead atoms. The first-order valence-corrected chi connectivity index (χ1v) is 7.04. The smallest absolute Gasteiger partial charge is 0.322 e. The average Bonchev–Trinajstić information content (AvgIpc) is 2.79. The third-order valence-electron chi connectivity index (χ3n) is 3.51. The highest BCUT2D eigenvalue weighted by atomic mass is 16.2. The number of rotatable bonds is 6. The minimum atomic E-state index is -1.16. The number of urea groups is 1. The maximum absolute atomic E-state index is 12.2. The highest BCUT2D eigenvalue weighted by molar-refractivity contribution is 6.07. The molecule has 1 aromatic carbocycles. The highest BCUT2D eigenvalue weighted by Gasteiger charge is 2.47. The van der Waals surface area contributed by atoms with Gasteiger partial charge in [0.2, 0.25) is 5.91 Å². The minimum Gasteiger partial charge on any atom is -0.356 e. The number of imide groups is 1. The summed E-state index contributed by atoms with van der Waals surface area (Å²) in [6, 6.07) is 8.44. The van der Waals surface area contributed by atoms with E-state index in [4.69, 9.17) is 0 Å². The van der Waals surface area contributed by atoms with Crippen LogP contribution in [0, 0.1) is 0 Å². The number of hydrogen-bond donors (Lipinski definition) is 3. The lowest BCUT2D eigenvalue weighted by atomic mass is 9.85. The van der Waals surface area contributed by atoms with Gasteiger partial charge in [0.05, 0.1) is 0 Å². The summed E-state index contributed by atoms with van der Waals surface area (Å²) >= 11 is 0. The number of benzene rings is 1. The molecule has 2 rings (SSSR count). The van der Waals surface area contributed by atoms with Gasteiger partial charge in [-0.25, -0.2) is 4.79 Å². The summed E-state index contributed by atoms with van der Waals surface area (Å²) in [4.78, 5) is 35.5. The van der Waals surface area contributed by atoms with E-state index in [0.29, 0.717) is 12.1 Å². The Morgan fingerprint density at radius 3 is 2.52 bits per heavy atom. The van der Waals surface area contributed by atoms with Crippen LogP contribution in [-0.4, -0.2) is 24.4 Å². The molecule has 0 radical (unpaired) electrons. The van der Waals surface area contributed by atoms with E-state index in [1.54, 1.807) is 24.3 Å². The second kappa shape index (κ2) is 6.39. The van der Waals surface area contributed by atoms with Gasteiger partial charge in [-0.3, -0.25) is 14.9 Å². The van der Waals surface area contributed by atoms with Crippen LogP contribution in [-0.2, 0) is 15.1 Å². The summed E-state index contributed by atoms with van der Waals surface area (Å²) in [6.07, 6.45) is 1.25. The van der Waals surface area contributed by atoms with Crippen LogP contribution in [0.5, 0.6) is 0 Å². The lowest BCUT2D eigenvalue weighted by Gasteiger charge is -2.26. The molecule has 1 aliphatic rings. The van der Waals surface area contributed by atoms with Crippen LogP contribution in [0.25, 0.3) is 0 Å². The first-order valence-electron chi connectivity index (χ1n) is 7.04. The lowest BCUT2D eigenvalue weighted by Crippen LogP contribution is -2.44. The first kappa shape index (κ1) is 15.0. The van der Waals surface area contributed by atoms with E-state index in [-0.39, 0.29) is 18.7 Å². The number of carbonyl (C=O) groups excluding carboxylic acids is 3. The molecule has 0 spiro atoms. The predicted molar refractivity (Wildman–Crippen MR) is 77.3 cm³/mol. The Kier molecular flexibility index (Phi) is 4.57. The van der Waals surface area contributed by atoms with E-state index in [9.17, 15) is 14.4 Å². The zero-order valence-electron chi connectivity index (χ0n) is 11.9. The van der Waals surface area contributed by atoms with Gasteiger partial charge in [0, 0.05) is 13.0 Å². The maximum atomic E-state index is 12.2. The standard InChI is InChI=1S/C15H19N3O3/c1-2-10-16-12(19)8-9-15(11-6-4-3-5-7-11)13(20)17-14(21)18-15/h3-7H,2,8-10H2,1H3,(H,16,19)(H2,17,18,20,21). The number of amides is 4. The van der Waals surface area contributed by atoms with E-state index in [1.165, 1.54) is 0 Å². The van der Waals surface area contributed by atoms with Crippen molar-refractivity contribution in [3.8, 4) is 0 Å². The van der Waals surface area contributed by atoms with Crippen LogP contribution < -0.4 is 16.0 Å². The summed E-state index contributed by atoms with van der Waals surface area (Å²) in [5, 5.41) is 7.69. The lowest BCUT2D eigenvalue weighted by molar-refractivity contribution is -0.125. The van der Waals surface area contributed by atoms with Crippen molar-refractivity contribution in [2.24, 2.45) is 0 Å². The molecule has 1 atom stereocenters. The molecule has 1 fully saturated rings. The Labute approximate surface area is 123 Å². The van der Waals surface area contributed by atoms with Crippen LogP contribution >= 0.6 is 0 Å². The maximum Gasteiger partial charge on any atom is 0.322 e. The van der Waals surface area contributed by atoms with Gasteiger partial charge in [-0.05, 0) is 18.4 Å². The molecule has 6 nitrogen and oxygen atoms in total. The summed E-state index contributed by atoms with van der Waals surface area (Å²) in [7, 11) is 0. The number of nitrogens with one attached hydrogen (secondary N) is 3. The molecule has 1 heterocycles. The van der Waals surface area contributed by atoms with Crippen molar-refractivity contribution in [1.82, 2.24) is 16.0 Å². The van der Waals surface area contributed by atoms with Crippen molar-refractivity contribution >= 4 is 17.8 Å². The van der Waals surface area contributed by atoms with E-state index in [1.807, 2.05) is 13.0 Å². The second-order valence-electron chi connectivity index (χ2n) is 5.03. The third kappa shape index (κ3) is 3.21. The molecule has 4 amide bonds. The quantitative estimate of drug-likeness (QED) is 0.683. The molecule has 0 saturated carbocycles. The second-order valence-corrected chi connectivity index (χ2v) is 5.03. The van der Waals surface area contributed by atoms with Crippen molar-refractivity contribution < 1.29 is 14.4 Å². The third-order valence-corrected chi connectivity index (χ3v) is 3.51. The van der Waals surface area contributed by atoms with Crippen molar-refractivity contribution in [2.75, 3.05) is 6.54 Å². The fraction of sp³-hybridized carbons (Fsp3) is 0.400. The zero-order chi connectivity index (χ0) is 15.3. The van der Waals surface area contributed by atoms with Gasteiger partial charge in [-0.2, -0.15) is 0 Å². The Morgan fingerprint density at radius 2 is 1.95 bits per heavy atom. The van der Waals surface area contributed by atoms with Gasteiger partial charge in [-0.1, -0.05) is 37.3 Å². The van der Waals surface area contributed by atoms with Crippen molar-refractivity contribution in [3.63, 3.8) is 0 Å². The molecule has 1 aliphatic heterocycles. The van der Waals surface area contributed by atoms with Crippen LogP contribution in [0.4, 0.5) is 4.79 Å². The van der Waals surface area contributed by atoms with Crippen LogP contribution in [0.1, 0.15) is 31.7 Å². The first-order chi connectivity index (χ1) is 10.1. The van der Waals surface area contributed by atoms with E-state index in [0.717, 1.165) is 6.42 Å². The van der Waals surface area contributed by atoms with Crippen molar-refractivity contribution in [1.29, 1.82) is 0 Å². The molecule has 112 valence electrons. The molecule has 1 unspecified atom stereocenters. The van der Waals surface area contributed by atoms with Gasteiger partial charge in [-0.15, -0.1) is 0 Å². The van der Waals surface area contributed by atoms with Gasteiger partial charge < -0.3 is 10.6 Å². The molecule has 0 aliphatic carbocycles. The van der Waals surface area contributed by atoms with Gasteiger partial charge in [0.25, 0.3) is 5.91 Å². The largest absolute Gasteiger partial charge is 0.356 e. The zero-order valence-corrected chi connectivity index (χ0v) is 11.9. The van der Waals surface area contributed by atoms with Crippen molar-refractivity contribution in [2.45, 2.75) is 31.7 Å². The Hall–Kier alpha value is -2.37.